The second-order valence-corrected chi connectivity index (χ2v) is 7.18. The van der Waals surface area contributed by atoms with Gasteiger partial charge in [0.15, 0.2) is 6.10 Å². The number of esters is 1. The van der Waals surface area contributed by atoms with Crippen molar-refractivity contribution in [3.05, 3.63) is 41.5 Å². The quantitative estimate of drug-likeness (QED) is 0.843. The summed E-state index contributed by atoms with van der Waals surface area (Å²) in [6.45, 7) is 2.54. The summed E-state index contributed by atoms with van der Waals surface area (Å²) in [7, 11) is 1.31. The number of carbonyl (C=O) groups excluding carboxylic acids is 1. The summed E-state index contributed by atoms with van der Waals surface area (Å²) < 4.78 is 4.62. The molecule has 6 heteroatoms. The number of hydrogen-bond donors (Lipinski definition) is 1. The van der Waals surface area contributed by atoms with Crippen molar-refractivity contribution in [3.63, 3.8) is 0 Å². The molecule has 1 unspecified atom stereocenters. The van der Waals surface area contributed by atoms with Crippen molar-refractivity contribution < 1.29 is 14.6 Å². The van der Waals surface area contributed by atoms with Gasteiger partial charge in [0, 0.05) is 6.20 Å². The van der Waals surface area contributed by atoms with E-state index >= 15 is 0 Å². The van der Waals surface area contributed by atoms with Crippen LogP contribution in [-0.2, 0) is 16.1 Å². The van der Waals surface area contributed by atoms with Crippen molar-refractivity contribution in [2.45, 2.75) is 25.5 Å². The number of carbonyl (C=O) groups is 1. The van der Waals surface area contributed by atoms with Crippen LogP contribution in [0.4, 0.5) is 0 Å². The summed E-state index contributed by atoms with van der Waals surface area (Å²) in [6.07, 6.45) is 2.53. The lowest BCUT2D eigenvalue weighted by Crippen LogP contribution is -2.40. The van der Waals surface area contributed by atoms with Gasteiger partial charge >= 0.3 is 5.97 Å². The van der Waals surface area contributed by atoms with Crippen LogP contribution >= 0.6 is 11.3 Å². The van der Waals surface area contributed by atoms with Gasteiger partial charge in [0.05, 0.1) is 18.5 Å². The maximum atomic E-state index is 11.4. The van der Waals surface area contributed by atoms with Gasteiger partial charge in [-0.1, -0.05) is 30.3 Å². The summed E-state index contributed by atoms with van der Waals surface area (Å²) in [4.78, 5) is 19.5. The molecule has 128 valence electrons. The summed E-state index contributed by atoms with van der Waals surface area (Å²) in [5, 5.41) is 11.0. The van der Waals surface area contributed by atoms with Crippen molar-refractivity contribution in [2.75, 3.05) is 20.2 Å². The first-order chi connectivity index (χ1) is 11.7. The van der Waals surface area contributed by atoms with Gasteiger partial charge in [-0.15, -0.1) is 11.3 Å². The fourth-order valence-electron chi connectivity index (χ4n) is 3.05. The number of hydrogen-bond acceptors (Lipinski definition) is 6. The van der Waals surface area contributed by atoms with Crippen LogP contribution in [0.5, 0.6) is 0 Å². The number of aliphatic hydroxyl groups is 1. The lowest BCUT2D eigenvalue weighted by atomic mass is 9.91. The average Bonchev–Trinajstić information content (AvgIpc) is 3.10. The van der Waals surface area contributed by atoms with E-state index in [-0.39, 0.29) is 5.92 Å². The Kier molecular flexibility index (Phi) is 5.60. The molecule has 0 aliphatic carbocycles. The van der Waals surface area contributed by atoms with E-state index in [4.69, 9.17) is 0 Å². The van der Waals surface area contributed by atoms with Gasteiger partial charge in [0.2, 0.25) is 0 Å². The number of thiazole rings is 1. The number of benzene rings is 1. The number of ether oxygens (including phenoxy) is 1. The van der Waals surface area contributed by atoms with Gasteiger partial charge in [-0.3, -0.25) is 4.90 Å². The van der Waals surface area contributed by atoms with Gasteiger partial charge in [0.1, 0.15) is 5.01 Å². The summed E-state index contributed by atoms with van der Waals surface area (Å²) in [5.74, 6) is -0.536. The van der Waals surface area contributed by atoms with E-state index in [2.05, 4.69) is 26.8 Å². The van der Waals surface area contributed by atoms with Crippen LogP contribution in [0, 0.1) is 5.92 Å². The third kappa shape index (κ3) is 4.01. The molecular formula is C18H22N2O3S. The molecule has 0 amide bonds. The standard InChI is InChI=1S/C18H22N2O3S/c1-23-18(22)17(21)14-7-9-20(10-8-14)12-16-19-11-15(24-16)13-5-3-2-4-6-13/h2-6,11,14,17,21H,7-10,12H2,1H3. The third-order valence-electron chi connectivity index (χ3n) is 4.49. The van der Waals surface area contributed by atoms with Crippen LogP contribution in [0.3, 0.4) is 0 Å². The predicted molar refractivity (Wildman–Crippen MR) is 93.6 cm³/mol. The van der Waals surface area contributed by atoms with E-state index in [1.807, 2.05) is 24.4 Å². The van der Waals surface area contributed by atoms with Gasteiger partial charge in [0.25, 0.3) is 0 Å². The van der Waals surface area contributed by atoms with Crippen LogP contribution in [0.15, 0.2) is 36.5 Å². The molecule has 2 heterocycles. The second kappa shape index (κ2) is 7.88. The molecule has 1 fully saturated rings. The molecule has 1 aromatic carbocycles. The van der Waals surface area contributed by atoms with Gasteiger partial charge in [-0.05, 0) is 37.4 Å². The monoisotopic (exact) mass is 346 g/mol. The smallest absolute Gasteiger partial charge is 0.334 e. The number of aromatic nitrogens is 1. The van der Waals surface area contributed by atoms with E-state index in [1.54, 1.807) is 11.3 Å². The lowest BCUT2D eigenvalue weighted by molar-refractivity contribution is -0.154. The molecule has 5 nitrogen and oxygen atoms in total. The Morgan fingerprint density at radius 1 is 1.38 bits per heavy atom. The molecular weight excluding hydrogens is 324 g/mol. The molecule has 0 spiro atoms. The number of piperidine rings is 1. The number of nitrogens with zero attached hydrogens (tertiary/aromatic N) is 2. The minimum atomic E-state index is -0.998. The van der Waals surface area contributed by atoms with Crippen molar-refractivity contribution in [1.82, 2.24) is 9.88 Å². The Morgan fingerprint density at radius 3 is 2.75 bits per heavy atom. The van der Waals surface area contributed by atoms with E-state index in [1.165, 1.54) is 17.6 Å². The van der Waals surface area contributed by atoms with Crippen molar-refractivity contribution in [3.8, 4) is 10.4 Å². The van der Waals surface area contributed by atoms with E-state index in [0.717, 1.165) is 37.5 Å². The summed E-state index contributed by atoms with van der Waals surface area (Å²) in [5.41, 5.74) is 1.20. The van der Waals surface area contributed by atoms with Crippen molar-refractivity contribution in [2.24, 2.45) is 5.92 Å². The summed E-state index contributed by atoms with van der Waals surface area (Å²) >= 11 is 1.72. The molecule has 0 radical (unpaired) electrons. The Morgan fingerprint density at radius 2 is 2.08 bits per heavy atom. The molecule has 1 N–H and O–H groups in total. The van der Waals surface area contributed by atoms with Crippen LogP contribution in [0.2, 0.25) is 0 Å². The Bertz CT molecular complexity index is 666. The molecule has 0 bridgehead atoms. The normalized spacial score (nSPS) is 17.6. The lowest BCUT2D eigenvalue weighted by Gasteiger charge is -2.32. The van der Waals surface area contributed by atoms with Crippen LogP contribution in [0.25, 0.3) is 10.4 Å². The molecule has 1 aliphatic rings. The highest BCUT2D eigenvalue weighted by atomic mass is 32.1. The second-order valence-electron chi connectivity index (χ2n) is 6.07. The summed E-state index contributed by atoms with van der Waals surface area (Å²) in [6, 6.07) is 10.3. The number of likely N-dealkylation sites (tertiary alicyclic amines) is 1. The first-order valence-electron chi connectivity index (χ1n) is 8.15. The van der Waals surface area contributed by atoms with Crippen LogP contribution in [-0.4, -0.2) is 47.3 Å². The fraction of sp³-hybridized carbons (Fsp3) is 0.444. The Hall–Kier alpha value is -1.76. The minimum absolute atomic E-state index is 0.00938. The molecule has 1 aromatic heterocycles. The SMILES string of the molecule is COC(=O)C(O)C1CCN(Cc2ncc(-c3ccccc3)s2)CC1. The molecule has 1 saturated heterocycles. The number of rotatable bonds is 5. The molecule has 1 aliphatic heterocycles. The largest absolute Gasteiger partial charge is 0.467 e. The molecule has 24 heavy (non-hydrogen) atoms. The zero-order valence-corrected chi connectivity index (χ0v) is 14.5. The molecule has 1 atom stereocenters. The highest BCUT2D eigenvalue weighted by molar-refractivity contribution is 7.15. The molecule has 3 rings (SSSR count). The highest BCUT2D eigenvalue weighted by Crippen LogP contribution is 2.28. The minimum Gasteiger partial charge on any atom is -0.467 e. The van der Waals surface area contributed by atoms with Crippen LogP contribution < -0.4 is 0 Å². The topological polar surface area (TPSA) is 62.7 Å². The molecule has 2 aromatic rings. The highest BCUT2D eigenvalue weighted by Gasteiger charge is 2.30. The van der Waals surface area contributed by atoms with E-state index in [0.29, 0.717) is 0 Å². The van der Waals surface area contributed by atoms with E-state index in [9.17, 15) is 9.90 Å². The van der Waals surface area contributed by atoms with Crippen molar-refractivity contribution in [1.29, 1.82) is 0 Å². The van der Waals surface area contributed by atoms with E-state index < -0.39 is 12.1 Å². The number of methoxy groups -OCH3 is 1. The molecule has 0 saturated carbocycles. The van der Waals surface area contributed by atoms with Gasteiger partial charge in [-0.25, -0.2) is 9.78 Å². The first-order valence-corrected chi connectivity index (χ1v) is 8.97. The average molecular weight is 346 g/mol. The zero-order valence-electron chi connectivity index (χ0n) is 13.7. The maximum absolute atomic E-state index is 11.4. The first kappa shape index (κ1) is 17.1. The fourth-order valence-corrected chi connectivity index (χ4v) is 4.02. The predicted octanol–water partition coefficient (Wildman–Crippen LogP) is 2.56. The Balaban J connectivity index is 1.54. The van der Waals surface area contributed by atoms with Gasteiger partial charge < -0.3 is 9.84 Å². The Labute approximate surface area is 145 Å². The van der Waals surface area contributed by atoms with Gasteiger partial charge in [-0.2, -0.15) is 0 Å². The number of aliphatic hydroxyl groups excluding tert-OH is 1. The van der Waals surface area contributed by atoms with Crippen molar-refractivity contribution >= 4 is 17.3 Å². The van der Waals surface area contributed by atoms with Crippen LogP contribution in [0.1, 0.15) is 17.8 Å². The third-order valence-corrected chi connectivity index (χ3v) is 5.52. The zero-order chi connectivity index (χ0) is 16.9. The maximum Gasteiger partial charge on any atom is 0.334 e.